The van der Waals surface area contributed by atoms with Gasteiger partial charge in [-0.05, 0) is 72.4 Å². The van der Waals surface area contributed by atoms with Gasteiger partial charge in [0.15, 0.2) is 0 Å². The van der Waals surface area contributed by atoms with Gasteiger partial charge >= 0.3 is 5.97 Å². The van der Waals surface area contributed by atoms with E-state index in [0.29, 0.717) is 53.4 Å². The van der Waals surface area contributed by atoms with Crippen molar-refractivity contribution in [1.29, 1.82) is 0 Å². The molecule has 0 radical (unpaired) electrons. The van der Waals surface area contributed by atoms with Crippen molar-refractivity contribution in [2.75, 3.05) is 6.54 Å². The van der Waals surface area contributed by atoms with Crippen LogP contribution in [0.15, 0.2) is 72.8 Å². The summed E-state index contributed by atoms with van der Waals surface area (Å²) >= 11 is 12.5. The number of hydrogen-bond donors (Lipinski definition) is 1. The van der Waals surface area contributed by atoms with E-state index < -0.39 is 53.9 Å². The summed E-state index contributed by atoms with van der Waals surface area (Å²) in [7, 11) is 0. The molecule has 226 valence electrons. The maximum Gasteiger partial charge on any atom is 0.326 e. The third-order valence-electron chi connectivity index (χ3n) is 8.18. The Balaban J connectivity index is 1.64. The van der Waals surface area contributed by atoms with Crippen LogP contribution < -0.4 is 0 Å². The molecule has 0 aromatic heterocycles. The summed E-state index contributed by atoms with van der Waals surface area (Å²) in [6.07, 6.45) is 0.292. The average Bonchev–Trinajstić information content (AvgIpc) is 3.49. The maximum absolute atomic E-state index is 14.5. The van der Waals surface area contributed by atoms with Crippen LogP contribution in [0.25, 0.3) is 0 Å². The van der Waals surface area contributed by atoms with Crippen LogP contribution in [0, 0.1) is 5.82 Å². The lowest BCUT2D eigenvalue weighted by atomic mass is 9.88. The van der Waals surface area contributed by atoms with Gasteiger partial charge in [0.05, 0.1) is 6.04 Å². The van der Waals surface area contributed by atoms with Gasteiger partial charge < -0.3 is 19.6 Å². The Labute approximate surface area is 260 Å². The van der Waals surface area contributed by atoms with Gasteiger partial charge in [-0.15, -0.1) is 0 Å². The second-order valence-corrected chi connectivity index (χ2v) is 11.9. The molecule has 10 heteroatoms. The lowest BCUT2D eigenvalue weighted by Crippen LogP contribution is -2.60. The van der Waals surface area contributed by atoms with Crippen LogP contribution in [-0.4, -0.2) is 57.4 Å². The summed E-state index contributed by atoms with van der Waals surface area (Å²) in [5.74, 6) is -2.24. The summed E-state index contributed by atoms with van der Waals surface area (Å²) in [6, 6.07) is 17.5. The van der Waals surface area contributed by atoms with Crippen LogP contribution in [0.3, 0.4) is 0 Å². The maximum atomic E-state index is 14.5. The zero-order chi connectivity index (χ0) is 30.7. The first-order valence-electron chi connectivity index (χ1n) is 14.4. The van der Waals surface area contributed by atoms with E-state index in [1.807, 2.05) is 31.2 Å². The zero-order valence-corrected chi connectivity index (χ0v) is 25.2. The van der Waals surface area contributed by atoms with E-state index in [1.54, 1.807) is 41.3 Å². The van der Waals surface area contributed by atoms with Gasteiger partial charge in [0.1, 0.15) is 30.1 Å². The number of nitrogens with zero attached hydrogens (tertiary/aromatic N) is 2. The molecule has 0 saturated carbocycles. The van der Waals surface area contributed by atoms with Gasteiger partial charge in [0.25, 0.3) is 5.91 Å². The number of hydrogen-bond acceptors (Lipinski definition) is 4. The van der Waals surface area contributed by atoms with E-state index in [4.69, 9.17) is 27.9 Å². The monoisotopic (exact) mass is 626 g/mol. The fraction of sp³-hybridized carbons (Fsp3) is 0.364. The molecule has 0 aliphatic carbocycles. The molecule has 2 heterocycles. The van der Waals surface area contributed by atoms with Gasteiger partial charge in [-0.3, -0.25) is 9.59 Å². The molecule has 2 aliphatic rings. The number of carboxylic acids is 1. The highest BCUT2D eigenvalue weighted by Gasteiger charge is 2.50. The van der Waals surface area contributed by atoms with E-state index >= 15 is 0 Å². The molecule has 2 saturated heterocycles. The molecule has 3 aromatic carbocycles. The van der Waals surface area contributed by atoms with Crippen molar-refractivity contribution in [3.63, 3.8) is 0 Å². The number of halogens is 3. The minimum absolute atomic E-state index is 0.154. The average molecular weight is 628 g/mol. The molecular weight excluding hydrogens is 594 g/mol. The van der Waals surface area contributed by atoms with E-state index in [9.17, 15) is 23.9 Å². The lowest BCUT2D eigenvalue weighted by Gasteiger charge is -2.48. The van der Waals surface area contributed by atoms with Gasteiger partial charge in [-0.2, -0.15) is 0 Å². The number of aliphatic carboxylic acids is 1. The number of likely N-dealkylation sites (tertiary alicyclic amines) is 1. The molecule has 5 rings (SSSR count). The lowest BCUT2D eigenvalue weighted by molar-refractivity contribution is -0.183. The predicted molar refractivity (Wildman–Crippen MR) is 161 cm³/mol. The summed E-state index contributed by atoms with van der Waals surface area (Å²) < 4.78 is 20.3. The van der Waals surface area contributed by atoms with Crippen LogP contribution >= 0.6 is 23.2 Å². The Bertz CT molecular complexity index is 1450. The third kappa shape index (κ3) is 6.71. The summed E-state index contributed by atoms with van der Waals surface area (Å²) in [6.45, 7) is 2.23. The highest BCUT2D eigenvalue weighted by Crippen LogP contribution is 2.45. The summed E-state index contributed by atoms with van der Waals surface area (Å²) in [5.41, 5.74) is 2.16. The first-order valence-corrected chi connectivity index (χ1v) is 15.2. The van der Waals surface area contributed by atoms with Gasteiger partial charge in [0, 0.05) is 23.0 Å². The molecule has 7 nitrogen and oxygen atoms in total. The second-order valence-electron chi connectivity index (χ2n) is 11.0. The van der Waals surface area contributed by atoms with Crippen molar-refractivity contribution in [2.45, 2.75) is 69.4 Å². The van der Waals surface area contributed by atoms with Gasteiger partial charge in [-0.1, -0.05) is 72.9 Å². The molecule has 5 atom stereocenters. The fourth-order valence-corrected chi connectivity index (χ4v) is 6.37. The van der Waals surface area contributed by atoms with Crippen LogP contribution in [0.4, 0.5) is 4.39 Å². The minimum Gasteiger partial charge on any atom is -0.480 e. The quantitative estimate of drug-likeness (QED) is 0.288. The van der Waals surface area contributed by atoms with Crippen molar-refractivity contribution in [3.8, 4) is 0 Å². The summed E-state index contributed by atoms with van der Waals surface area (Å²) in [5, 5.41) is 10.9. The molecule has 43 heavy (non-hydrogen) atoms. The number of carboxylic acid groups (broad SMARTS) is 1. The van der Waals surface area contributed by atoms with Crippen molar-refractivity contribution in [1.82, 2.24) is 9.80 Å². The topological polar surface area (TPSA) is 87.2 Å². The van der Waals surface area contributed by atoms with E-state index in [1.165, 1.54) is 17.0 Å². The number of amides is 2. The Hall–Kier alpha value is -3.46. The zero-order valence-electron chi connectivity index (χ0n) is 23.7. The highest BCUT2D eigenvalue weighted by molar-refractivity contribution is 6.30. The normalized spacial score (nSPS) is 22.9. The Morgan fingerprint density at radius 2 is 1.58 bits per heavy atom. The first kappa shape index (κ1) is 31.0. The molecule has 0 bridgehead atoms. The molecule has 1 N–H and O–H groups in total. The van der Waals surface area contributed by atoms with E-state index in [2.05, 4.69) is 0 Å². The number of rotatable bonds is 9. The van der Waals surface area contributed by atoms with Crippen molar-refractivity contribution in [2.24, 2.45) is 0 Å². The third-order valence-corrected chi connectivity index (χ3v) is 8.68. The molecule has 2 aliphatic heterocycles. The predicted octanol–water partition coefficient (Wildman–Crippen LogP) is 6.63. The number of ether oxygens (including phenoxy) is 1. The molecular formula is C33H33Cl2FN2O5. The standard InChI is InChI=1S/C33H33Cl2FN2O5/c1-2-4-26(31(39)37-18-3-5-27(37)33(41)42)38-29(21-8-12-23(34)13-9-21)30(22-10-14-24(35)15-11-22)43-28(32(38)40)19-20-6-16-25(36)17-7-20/h6-17,26-30H,2-5,18-19H2,1H3,(H,41,42)/t26?,27-,28-,29+,30-/m0/s1. The van der Waals surface area contributed by atoms with Crippen molar-refractivity contribution < 1.29 is 28.6 Å². The fourth-order valence-electron chi connectivity index (χ4n) is 6.12. The smallest absolute Gasteiger partial charge is 0.326 e. The highest BCUT2D eigenvalue weighted by atomic mass is 35.5. The molecule has 2 fully saturated rings. The van der Waals surface area contributed by atoms with Gasteiger partial charge in [-0.25, -0.2) is 9.18 Å². The Morgan fingerprint density at radius 1 is 0.977 bits per heavy atom. The van der Waals surface area contributed by atoms with E-state index in [-0.39, 0.29) is 6.42 Å². The van der Waals surface area contributed by atoms with Crippen LogP contribution in [-0.2, 0) is 25.5 Å². The number of benzene rings is 3. The van der Waals surface area contributed by atoms with Gasteiger partial charge in [0.2, 0.25) is 5.91 Å². The van der Waals surface area contributed by atoms with Crippen LogP contribution in [0.2, 0.25) is 10.0 Å². The van der Waals surface area contributed by atoms with Crippen LogP contribution in [0.1, 0.15) is 61.4 Å². The number of carbonyl (C=O) groups excluding carboxylic acids is 2. The second kappa shape index (κ2) is 13.5. The Kier molecular flexibility index (Phi) is 9.69. The Morgan fingerprint density at radius 3 is 2.16 bits per heavy atom. The van der Waals surface area contributed by atoms with Crippen molar-refractivity contribution in [3.05, 3.63) is 105 Å². The van der Waals surface area contributed by atoms with Crippen molar-refractivity contribution >= 4 is 41.0 Å². The molecule has 2 amide bonds. The summed E-state index contributed by atoms with van der Waals surface area (Å²) in [4.78, 5) is 43.8. The molecule has 1 unspecified atom stereocenters. The largest absolute Gasteiger partial charge is 0.480 e. The SMILES string of the molecule is CCCC(C(=O)N1CCC[C@H]1C(=O)O)N1C(=O)[C@H](Cc2ccc(F)cc2)O[C@@H](c2ccc(Cl)cc2)[C@H]1c1ccc(Cl)cc1. The molecule has 3 aromatic rings. The number of morpholine rings is 1. The minimum atomic E-state index is -1.06. The van der Waals surface area contributed by atoms with Crippen LogP contribution in [0.5, 0.6) is 0 Å². The molecule has 0 spiro atoms. The van der Waals surface area contributed by atoms with E-state index in [0.717, 1.165) is 5.56 Å². The number of carbonyl (C=O) groups is 3. The first-order chi connectivity index (χ1) is 20.7.